The van der Waals surface area contributed by atoms with E-state index in [0.29, 0.717) is 19.3 Å². The lowest BCUT2D eigenvalue weighted by Crippen LogP contribution is -2.30. The highest BCUT2D eigenvalue weighted by Gasteiger charge is 2.19. The van der Waals surface area contributed by atoms with Crippen LogP contribution in [0.5, 0.6) is 0 Å². The molecule has 0 rings (SSSR count). The number of carbonyl (C=O) groups excluding carboxylic acids is 3. The molecule has 1 atom stereocenters. The number of unbranched alkanes of at least 4 members (excludes halogenated alkanes) is 29. The fourth-order valence-corrected chi connectivity index (χ4v) is 9.15. The van der Waals surface area contributed by atoms with Crippen LogP contribution >= 0.6 is 0 Å². The molecule has 0 spiro atoms. The van der Waals surface area contributed by atoms with Gasteiger partial charge in [0.1, 0.15) is 13.2 Å². The molecule has 6 heteroatoms. The molecule has 0 radical (unpaired) electrons. The Balaban J connectivity index is 4.43. The van der Waals surface area contributed by atoms with Crippen molar-refractivity contribution in [1.82, 2.24) is 0 Å². The van der Waals surface area contributed by atoms with E-state index < -0.39 is 6.10 Å². The van der Waals surface area contributed by atoms with Crippen LogP contribution in [-0.2, 0) is 28.6 Å². The Labute approximate surface area is 494 Å². The Bertz CT molecular complexity index is 1650. The highest BCUT2D eigenvalue weighted by molar-refractivity contribution is 5.71. The molecule has 1 unspecified atom stereocenters. The topological polar surface area (TPSA) is 78.9 Å². The van der Waals surface area contributed by atoms with Crippen molar-refractivity contribution < 1.29 is 28.6 Å². The van der Waals surface area contributed by atoms with E-state index in [1.165, 1.54) is 135 Å². The van der Waals surface area contributed by atoms with Gasteiger partial charge < -0.3 is 14.2 Å². The summed E-state index contributed by atoms with van der Waals surface area (Å²) in [6, 6.07) is 0. The van der Waals surface area contributed by atoms with Gasteiger partial charge in [-0.15, -0.1) is 0 Å². The first-order chi connectivity index (χ1) is 39.5. The molecular weight excluding hydrogens is 985 g/mol. The Morgan fingerprint density at radius 3 is 0.787 bits per heavy atom. The van der Waals surface area contributed by atoms with Crippen LogP contribution < -0.4 is 0 Å². The largest absolute Gasteiger partial charge is 0.462 e. The minimum atomic E-state index is -0.797. The van der Waals surface area contributed by atoms with E-state index in [0.717, 1.165) is 135 Å². The molecule has 0 aliphatic rings. The zero-order valence-corrected chi connectivity index (χ0v) is 52.3. The fraction of sp³-hybridized carbons (Fsp3) is 0.689. The van der Waals surface area contributed by atoms with E-state index in [-0.39, 0.29) is 31.1 Å². The number of rotatable bonds is 60. The molecule has 80 heavy (non-hydrogen) atoms. The Hall–Kier alpha value is -4.19. The van der Waals surface area contributed by atoms with Gasteiger partial charge in [-0.05, 0) is 135 Å². The van der Waals surface area contributed by atoms with Crippen molar-refractivity contribution in [2.24, 2.45) is 0 Å². The van der Waals surface area contributed by atoms with Crippen molar-refractivity contribution in [3.8, 4) is 0 Å². The first kappa shape index (κ1) is 75.8. The molecule has 0 aliphatic carbocycles. The van der Waals surface area contributed by atoms with Crippen molar-refractivity contribution >= 4 is 17.9 Å². The van der Waals surface area contributed by atoms with E-state index in [2.05, 4.69) is 142 Å². The lowest BCUT2D eigenvalue weighted by Gasteiger charge is -2.18. The van der Waals surface area contributed by atoms with Crippen molar-refractivity contribution in [1.29, 1.82) is 0 Å². The van der Waals surface area contributed by atoms with Crippen LogP contribution in [0.25, 0.3) is 0 Å². The molecule has 0 fully saturated rings. The van der Waals surface area contributed by atoms with Gasteiger partial charge in [0.05, 0.1) is 0 Å². The lowest BCUT2D eigenvalue weighted by atomic mass is 10.1. The summed E-state index contributed by atoms with van der Waals surface area (Å²) in [5, 5.41) is 0. The van der Waals surface area contributed by atoms with Gasteiger partial charge in [-0.1, -0.05) is 277 Å². The Morgan fingerprint density at radius 2 is 0.487 bits per heavy atom. The maximum Gasteiger partial charge on any atom is 0.306 e. The summed E-state index contributed by atoms with van der Waals surface area (Å²) in [4.78, 5) is 38.4. The second kappa shape index (κ2) is 67.3. The highest BCUT2D eigenvalue weighted by Crippen LogP contribution is 2.15. The standard InChI is InChI=1S/C74H124O6/c1-4-7-10-13-16-19-22-25-28-31-33-34-35-36-37-38-39-40-41-44-46-49-52-55-58-61-64-67-73(76)79-70-71(69-78-72(75)66-63-60-57-54-51-48-45-42-30-27-24-21-18-15-12-9-6-3)80-74(77)68-65-62-59-56-53-50-47-43-32-29-26-23-20-17-14-11-8-5-2/h7,10,16,19-20,23,25,27-30,32-34,36-37,39-40,44,46,71H,4-6,8-9,11-15,17-18,21-22,24,26,31,35,38,41-43,45,47-70H2,1-3H3/b10-7-,19-16-,23-20-,28-25-,30-27-,32-29-,34-33-,37-36-,40-39-,46-44-. The van der Waals surface area contributed by atoms with Gasteiger partial charge >= 0.3 is 17.9 Å². The third kappa shape index (κ3) is 64.6. The number of hydrogen-bond donors (Lipinski definition) is 0. The zero-order chi connectivity index (χ0) is 57.8. The van der Waals surface area contributed by atoms with Crippen LogP contribution in [0, 0.1) is 0 Å². The van der Waals surface area contributed by atoms with Crippen molar-refractivity contribution in [3.63, 3.8) is 0 Å². The average molecular weight is 1110 g/mol. The molecule has 0 aliphatic heterocycles. The molecule has 0 aromatic rings. The molecule has 0 aromatic carbocycles. The smallest absolute Gasteiger partial charge is 0.306 e. The SMILES string of the molecule is CC/C=C\C/C=C\C/C=C\C/C=C\C/C=C\C/C=C\C/C=C\CCCCCCCC(=O)OCC(COC(=O)CCCCCCCCC/C=C\CCCCCCCC)OC(=O)CCCCCCCCC/C=C\C/C=C\CCCCCC. The second-order valence-electron chi connectivity index (χ2n) is 22.0. The first-order valence-corrected chi connectivity index (χ1v) is 33.5. The molecule has 0 bridgehead atoms. The van der Waals surface area contributed by atoms with Crippen LogP contribution in [0.2, 0.25) is 0 Å². The zero-order valence-electron chi connectivity index (χ0n) is 52.3. The summed E-state index contributed by atoms with van der Waals surface area (Å²) in [5.41, 5.74) is 0. The van der Waals surface area contributed by atoms with Crippen LogP contribution in [0.4, 0.5) is 0 Å². The van der Waals surface area contributed by atoms with E-state index in [9.17, 15) is 14.4 Å². The maximum absolute atomic E-state index is 12.9. The van der Waals surface area contributed by atoms with Gasteiger partial charge in [-0.2, -0.15) is 0 Å². The number of esters is 3. The molecule has 0 heterocycles. The summed E-state index contributed by atoms with van der Waals surface area (Å²) in [7, 11) is 0. The van der Waals surface area contributed by atoms with Crippen LogP contribution in [0.3, 0.4) is 0 Å². The minimum absolute atomic E-state index is 0.0912. The van der Waals surface area contributed by atoms with Crippen LogP contribution in [-0.4, -0.2) is 37.2 Å². The summed E-state index contributed by atoms with van der Waals surface area (Å²) in [6.45, 7) is 6.50. The monoisotopic (exact) mass is 1110 g/mol. The van der Waals surface area contributed by atoms with E-state index >= 15 is 0 Å². The molecule has 0 amide bonds. The molecule has 0 aromatic heterocycles. The fourth-order valence-electron chi connectivity index (χ4n) is 9.15. The first-order valence-electron chi connectivity index (χ1n) is 33.5. The molecular formula is C74H124O6. The van der Waals surface area contributed by atoms with Crippen LogP contribution in [0.1, 0.15) is 310 Å². The summed E-state index contributed by atoms with van der Waals surface area (Å²) in [6.07, 6.45) is 93.4. The summed E-state index contributed by atoms with van der Waals surface area (Å²) < 4.78 is 16.9. The summed E-state index contributed by atoms with van der Waals surface area (Å²) >= 11 is 0. The van der Waals surface area contributed by atoms with Gasteiger partial charge in [-0.3, -0.25) is 14.4 Å². The maximum atomic E-state index is 12.9. The molecule has 6 nitrogen and oxygen atoms in total. The third-order valence-corrected chi connectivity index (χ3v) is 14.2. The van der Waals surface area contributed by atoms with Gasteiger partial charge in [0, 0.05) is 19.3 Å². The number of ether oxygens (including phenoxy) is 3. The number of carbonyl (C=O) groups is 3. The van der Waals surface area contributed by atoms with Gasteiger partial charge in [-0.25, -0.2) is 0 Å². The molecule has 0 saturated heterocycles. The van der Waals surface area contributed by atoms with Crippen LogP contribution in [0.15, 0.2) is 122 Å². The second-order valence-corrected chi connectivity index (χ2v) is 22.0. The van der Waals surface area contributed by atoms with Crippen molar-refractivity contribution in [3.05, 3.63) is 122 Å². The van der Waals surface area contributed by atoms with Gasteiger partial charge in [0.25, 0.3) is 0 Å². The molecule has 456 valence electrons. The van der Waals surface area contributed by atoms with E-state index in [1.54, 1.807) is 0 Å². The number of hydrogen-bond acceptors (Lipinski definition) is 6. The van der Waals surface area contributed by atoms with E-state index in [4.69, 9.17) is 14.2 Å². The van der Waals surface area contributed by atoms with Gasteiger partial charge in [0.15, 0.2) is 6.10 Å². The quantitative estimate of drug-likeness (QED) is 0.0261. The van der Waals surface area contributed by atoms with Gasteiger partial charge in [0.2, 0.25) is 0 Å². The normalized spacial score (nSPS) is 12.9. The summed E-state index contributed by atoms with van der Waals surface area (Å²) in [5.74, 6) is -0.915. The average Bonchev–Trinajstić information content (AvgIpc) is 3.46. The number of allylic oxidation sites excluding steroid dienone is 20. The molecule has 0 saturated carbocycles. The third-order valence-electron chi connectivity index (χ3n) is 14.2. The van der Waals surface area contributed by atoms with Crippen molar-refractivity contribution in [2.45, 2.75) is 316 Å². The predicted molar refractivity (Wildman–Crippen MR) is 348 cm³/mol. The predicted octanol–water partition coefficient (Wildman–Crippen LogP) is 23.2. The Morgan fingerprint density at radius 1 is 0.263 bits per heavy atom. The van der Waals surface area contributed by atoms with E-state index in [1.807, 2.05) is 0 Å². The van der Waals surface area contributed by atoms with Crippen molar-refractivity contribution in [2.75, 3.05) is 13.2 Å². The Kier molecular flexibility index (Phi) is 63.8. The minimum Gasteiger partial charge on any atom is -0.462 e. The highest BCUT2D eigenvalue weighted by atomic mass is 16.6. The lowest BCUT2D eigenvalue weighted by molar-refractivity contribution is -0.167. The molecule has 0 N–H and O–H groups in total.